The van der Waals surface area contributed by atoms with Gasteiger partial charge in [0.05, 0.1) is 0 Å². The van der Waals surface area contributed by atoms with E-state index in [1.165, 1.54) is 11.8 Å². The van der Waals surface area contributed by atoms with Gasteiger partial charge in [0.1, 0.15) is 6.04 Å². The Bertz CT molecular complexity index is 259. The highest BCUT2D eigenvalue weighted by atomic mass is 32.2. The molecule has 0 spiro atoms. The van der Waals surface area contributed by atoms with Crippen molar-refractivity contribution in [2.75, 3.05) is 12.4 Å². The summed E-state index contributed by atoms with van der Waals surface area (Å²) >= 11 is 1.22. The standard InChI is InChI=1S/C8H9NO3S/c1-2-4-12-8(11)9-6-3-5-13-7(6)10/h1,6H,3-5H2,(H,9,11). The largest absolute Gasteiger partial charge is 0.436 e. The summed E-state index contributed by atoms with van der Waals surface area (Å²) in [7, 11) is 0. The van der Waals surface area contributed by atoms with Crippen molar-refractivity contribution in [2.45, 2.75) is 12.5 Å². The average molecular weight is 199 g/mol. The Labute approximate surface area is 80.4 Å². The van der Waals surface area contributed by atoms with Gasteiger partial charge >= 0.3 is 6.09 Å². The molecular formula is C8H9NO3S. The zero-order valence-electron chi connectivity index (χ0n) is 6.91. The van der Waals surface area contributed by atoms with E-state index in [0.717, 1.165) is 5.75 Å². The molecule has 1 fully saturated rings. The number of amides is 1. The molecule has 5 heteroatoms. The van der Waals surface area contributed by atoms with Gasteiger partial charge in [-0.2, -0.15) is 0 Å². The average Bonchev–Trinajstić information content (AvgIpc) is 2.48. The van der Waals surface area contributed by atoms with E-state index in [-0.39, 0.29) is 11.7 Å². The van der Waals surface area contributed by atoms with E-state index in [0.29, 0.717) is 6.42 Å². The lowest BCUT2D eigenvalue weighted by Gasteiger charge is -2.08. The molecule has 1 aliphatic rings. The molecule has 1 saturated heterocycles. The van der Waals surface area contributed by atoms with Gasteiger partial charge in [-0.25, -0.2) is 4.79 Å². The first-order valence-corrected chi connectivity index (χ1v) is 4.76. The molecule has 0 saturated carbocycles. The molecule has 0 aromatic carbocycles. The van der Waals surface area contributed by atoms with Gasteiger partial charge in [-0.1, -0.05) is 17.7 Å². The number of ether oxygens (including phenoxy) is 1. The van der Waals surface area contributed by atoms with Crippen LogP contribution in [0.5, 0.6) is 0 Å². The molecule has 1 amide bonds. The molecule has 0 bridgehead atoms. The SMILES string of the molecule is C#CCOC(=O)NC1CCSC1=O. The van der Waals surface area contributed by atoms with Crippen LogP contribution in [0.3, 0.4) is 0 Å². The summed E-state index contributed by atoms with van der Waals surface area (Å²) in [6.07, 6.45) is 4.92. The number of carbonyl (C=O) groups excluding carboxylic acids is 2. The van der Waals surface area contributed by atoms with E-state index in [4.69, 9.17) is 6.42 Å². The highest BCUT2D eigenvalue weighted by Crippen LogP contribution is 2.19. The van der Waals surface area contributed by atoms with Crippen LogP contribution in [-0.4, -0.2) is 29.6 Å². The second-order valence-corrected chi connectivity index (χ2v) is 3.53. The van der Waals surface area contributed by atoms with Gasteiger partial charge in [0, 0.05) is 5.75 Å². The molecule has 0 aromatic rings. The van der Waals surface area contributed by atoms with Crippen molar-refractivity contribution in [3.05, 3.63) is 0 Å². The van der Waals surface area contributed by atoms with E-state index in [9.17, 15) is 9.59 Å². The minimum Gasteiger partial charge on any atom is -0.436 e. The van der Waals surface area contributed by atoms with Crippen LogP contribution in [0.15, 0.2) is 0 Å². The lowest BCUT2D eigenvalue weighted by molar-refractivity contribution is -0.112. The summed E-state index contributed by atoms with van der Waals surface area (Å²) in [5.74, 6) is 2.91. The molecule has 0 aliphatic carbocycles. The number of alkyl carbamates (subject to hydrolysis) is 1. The predicted molar refractivity (Wildman–Crippen MR) is 49.2 cm³/mol. The summed E-state index contributed by atoms with van der Waals surface area (Å²) in [6, 6.07) is -0.407. The molecule has 0 aromatic heterocycles. The third-order valence-corrected chi connectivity index (χ3v) is 2.52. The van der Waals surface area contributed by atoms with Crippen LogP contribution in [-0.2, 0) is 9.53 Å². The first kappa shape index (κ1) is 9.93. The molecule has 1 unspecified atom stereocenters. The van der Waals surface area contributed by atoms with Crippen molar-refractivity contribution in [3.63, 3.8) is 0 Å². The van der Waals surface area contributed by atoms with Crippen molar-refractivity contribution in [2.24, 2.45) is 0 Å². The first-order chi connectivity index (χ1) is 6.24. The maximum atomic E-state index is 11.0. The molecule has 1 aliphatic heterocycles. The predicted octanol–water partition coefficient (Wildman–Crippen LogP) is 0.378. The van der Waals surface area contributed by atoms with E-state index in [2.05, 4.69) is 16.0 Å². The Balaban J connectivity index is 2.28. The fourth-order valence-corrected chi connectivity index (χ4v) is 1.85. The molecule has 1 atom stereocenters. The molecule has 0 radical (unpaired) electrons. The number of rotatable bonds is 2. The van der Waals surface area contributed by atoms with Crippen molar-refractivity contribution in [1.82, 2.24) is 5.32 Å². The van der Waals surface area contributed by atoms with Gasteiger partial charge in [0.15, 0.2) is 6.61 Å². The van der Waals surface area contributed by atoms with E-state index in [1.807, 2.05) is 0 Å². The summed E-state index contributed by atoms with van der Waals surface area (Å²) < 4.78 is 4.55. The highest BCUT2D eigenvalue weighted by Gasteiger charge is 2.26. The molecule has 13 heavy (non-hydrogen) atoms. The van der Waals surface area contributed by atoms with Crippen LogP contribution in [0, 0.1) is 12.3 Å². The van der Waals surface area contributed by atoms with Crippen molar-refractivity contribution < 1.29 is 14.3 Å². The lowest BCUT2D eigenvalue weighted by atomic mass is 10.3. The Morgan fingerprint density at radius 1 is 1.85 bits per heavy atom. The molecule has 4 nitrogen and oxygen atoms in total. The Morgan fingerprint density at radius 3 is 3.15 bits per heavy atom. The van der Waals surface area contributed by atoms with E-state index >= 15 is 0 Å². The third kappa shape index (κ3) is 2.99. The second kappa shape index (κ2) is 4.77. The van der Waals surface area contributed by atoms with Crippen LogP contribution in [0.2, 0.25) is 0 Å². The number of terminal acetylenes is 1. The second-order valence-electron chi connectivity index (χ2n) is 2.43. The molecule has 1 heterocycles. The van der Waals surface area contributed by atoms with Crippen LogP contribution in [0.25, 0.3) is 0 Å². The topological polar surface area (TPSA) is 55.4 Å². The minimum absolute atomic E-state index is 0.0161. The zero-order valence-corrected chi connectivity index (χ0v) is 7.73. The molecule has 1 N–H and O–H groups in total. The third-order valence-electron chi connectivity index (χ3n) is 1.51. The number of hydrogen-bond acceptors (Lipinski definition) is 4. The van der Waals surface area contributed by atoms with Crippen LogP contribution in [0.4, 0.5) is 4.79 Å². The Hall–Kier alpha value is -1.15. The zero-order chi connectivity index (χ0) is 9.68. The van der Waals surface area contributed by atoms with Crippen molar-refractivity contribution >= 4 is 23.0 Å². The summed E-state index contributed by atoms with van der Waals surface area (Å²) in [4.78, 5) is 21.9. The van der Waals surface area contributed by atoms with Gasteiger partial charge in [-0.15, -0.1) is 6.42 Å². The maximum absolute atomic E-state index is 11.0. The molecule has 70 valence electrons. The lowest BCUT2D eigenvalue weighted by Crippen LogP contribution is -2.37. The number of nitrogens with one attached hydrogen (secondary N) is 1. The molecule has 1 rings (SSSR count). The van der Waals surface area contributed by atoms with Gasteiger partial charge in [-0.3, -0.25) is 4.79 Å². The molecular weight excluding hydrogens is 190 g/mol. The normalized spacial score (nSPS) is 20.8. The number of carbonyl (C=O) groups is 2. The number of thioether (sulfide) groups is 1. The fraction of sp³-hybridized carbons (Fsp3) is 0.500. The monoisotopic (exact) mass is 199 g/mol. The van der Waals surface area contributed by atoms with Crippen LogP contribution >= 0.6 is 11.8 Å². The van der Waals surface area contributed by atoms with Crippen molar-refractivity contribution in [1.29, 1.82) is 0 Å². The quantitative estimate of drug-likeness (QED) is 0.653. The summed E-state index contributed by atoms with van der Waals surface area (Å²) in [5, 5.41) is 2.42. The van der Waals surface area contributed by atoms with Crippen molar-refractivity contribution in [3.8, 4) is 12.3 Å². The van der Waals surface area contributed by atoms with Crippen LogP contribution in [0.1, 0.15) is 6.42 Å². The van der Waals surface area contributed by atoms with Gasteiger partial charge in [0.25, 0.3) is 0 Å². The van der Waals surface area contributed by atoms with Gasteiger partial charge in [-0.05, 0) is 6.42 Å². The summed E-state index contributed by atoms with van der Waals surface area (Å²) in [6.45, 7) is -0.0696. The van der Waals surface area contributed by atoms with E-state index in [1.54, 1.807) is 0 Å². The van der Waals surface area contributed by atoms with Gasteiger partial charge < -0.3 is 10.1 Å². The number of hydrogen-bond donors (Lipinski definition) is 1. The van der Waals surface area contributed by atoms with Crippen LogP contribution < -0.4 is 5.32 Å². The van der Waals surface area contributed by atoms with Gasteiger partial charge in [0.2, 0.25) is 5.12 Å². The fourth-order valence-electron chi connectivity index (χ4n) is 0.918. The smallest absolute Gasteiger partial charge is 0.408 e. The highest BCUT2D eigenvalue weighted by molar-refractivity contribution is 8.14. The Kier molecular flexibility index (Phi) is 3.65. The maximum Gasteiger partial charge on any atom is 0.408 e. The first-order valence-electron chi connectivity index (χ1n) is 3.77. The van der Waals surface area contributed by atoms with E-state index < -0.39 is 12.1 Å². The summed E-state index contributed by atoms with van der Waals surface area (Å²) in [5.41, 5.74) is 0. The minimum atomic E-state index is -0.626. The Morgan fingerprint density at radius 2 is 2.62 bits per heavy atom.